The van der Waals surface area contributed by atoms with Gasteiger partial charge in [-0.2, -0.15) is 5.10 Å². The van der Waals surface area contributed by atoms with Crippen LogP contribution in [0.2, 0.25) is 0 Å². The molecule has 0 aliphatic carbocycles. The lowest BCUT2D eigenvalue weighted by Gasteiger charge is -2.38. The molecule has 5 heteroatoms. The van der Waals surface area contributed by atoms with E-state index in [1.54, 1.807) is 6.20 Å². The smallest absolute Gasteiger partial charge is 0.227 e. The molecule has 0 bridgehead atoms. The SMILES string of the molecule is CCN1CCC[C@@](C)(C(=O)NCCc2ccn[nH]2)C1. The molecule has 19 heavy (non-hydrogen) atoms. The third kappa shape index (κ3) is 3.56. The summed E-state index contributed by atoms with van der Waals surface area (Å²) < 4.78 is 0. The minimum Gasteiger partial charge on any atom is -0.355 e. The summed E-state index contributed by atoms with van der Waals surface area (Å²) in [6, 6.07) is 1.94. The second kappa shape index (κ2) is 6.19. The monoisotopic (exact) mass is 264 g/mol. The Morgan fingerprint density at radius 2 is 2.47 bits per heavy atom. The maximum atomic E-state index is 12.3. The standard InChI is InChI=1S/C14H24N4O/c1-3-18-10-4-7-14(2,11-18)13(19)15-8-5-12-6-9-16-17-12/h6,9H,3-5,7-8,10-11H2,1-2H3,(H,15,19)(H,16,17)/t14-/m1/s1. The highest BCUT2D eigenvalue weighted by Crippen LogP contribution is 2.29. The first-order valence-electron chi connectivity index (χ1n) is 7.13. The van der Waals surface area contributed by atoms with Gasteiger partial charge in [-0.05, 0) is 38.9 Å². The van der Waals surface area contributed by atoms with Gasteiger partial charge < -0.3 is 10.2 Å². The molecule has 2 heterocycles. The number of rotatable bonds is 5. The normalized spacial score (nSPS) is 24.3. The predicted molar refractivity (Wildman–Crippen MR) is 74.8 cm³/mol. The Morgan fingerprint density at radius 3 is 3.16 bits per heavy atom. The number of aromatic nitrogens is 2. The van der Waals surface area contributed by atoms with E-state index in [0.29, 0.717) is 6.54 Å². The van der Waals surface area contributed by atoms with Crippen molar-refractivity contribution >= 4 is 5.91 Å². The van der Waals surface area contributed by atoms with E-state index in [1.165, 1.54) is 0 Å². The van der Waals surface area contributed by atoms with Crippen LogP contribution >= 0.6 is 0 Å². The molecule has 1 fully saturated rings. The van der Waals surface area contributed by atoms with Gasteiger partial charge in [-0.3, -0.25) is 9.89 Å². The Hall–Kier alpha value is -1.36. The van der Waals surface area contributed by atoms with Crippen LogP contribution in [0.15, 0.2) is 12.3 Å². The quantitative estimate of drug-likeness (QED) is 0.840. The molecule has 2 N–H and O–H groups in total. The second-order valence-electron chi connectivity index (χ2n) is 5.62. The van der Waals surface area contributed by atoms with E-state index in [9.17, 15) is 4.79 Å². The molecule has 0 saturated carbocycles. The summed E-state index contributed by atoms with van der Waals surface area (Å²) in [5.74, 6) is 0.185. The van der Waals surface area contributed by atoms with Crippen molar-refractivity contribution < 1.29 is 4.79 Å². The van der Waals surface area contributed by atoms with Crippen LogP contribution in [0.4, 0.5) is 0 Å². The van der Waals surface area contributed by atoms with E-state index < -0.39 is 0 Å². The van der Waals surface area contributed by atoms with Gasteiger partial charge in [-0.1, -0.05) is 6.92 Å². The van der Waals surface area contributed by atoms with Gasteiger partial charge in [0.1, 0.15) is 0 Å². The Kier molecular flexibility index (Phi) is 4.58. The van der Waals surface area contributed by atoms with Crippen LogP contribution in [-0.2, 0) is 11.2 Å². The summed E-state index contributed by atoms with van der Waals surface area (Å²) in [4.78, 5) is 14.7. The highest BCUT2D eigenvalue weighted by atomic mass is 16.2. The molecule has 2 rings (SSSR count). The number of likely N-dealkylation sites (tertiary alicyclic amines) is 1. The summed E-state index contributed by atoms with van der Waals surface area (Å²) in [7, 11) is 0. The summed E-state index contributed by atoms with van der Waals surface area (Å²) in [5, 5.41) is 9.87. The number of hydrogen-bond donors (Lipinski definition) is 2. The van der Waals surface area contributed by atoms with Crippen LogP contribution in [0.1, 0.15) is 32.4 Å². The molecular formula is C14H24N4O. The van der Waals surface area contributed by atoms with Gasteiger partial charge >= 0.3 is 0 Å². The third-order valence-electron chi connectivity index (χ3n) is 4.01. The lowest BCUT2D eigenvalue weighted by molar-refractivity contribution is -0.133. The number of H-pyrrole nitrogens is 1. The Labute approximate surface area is 114 Å². The number of amides is 1. The number of nitrogens with zero attached hydrogens (tertiary/aromatic N) is 2. The number of aromatic amines is 1. The highest BCUT2D eigenvalue weighted by molar-refractivity contribution is 5.82. The molecular weight excluding hydrogens is 240 g/mol. The summed E-state index contributed by atoms with van der Waals surface area (Å²) in [6.07, 6.45) is 4.63. The molecule has 5 nitrogen and oxygen atoms in total. The van der Waals surface area contributed by atoms with Gasteiger partial charge in [0, 0.05) is 31.4 Å². The van der Waals surface area contributed by atoms with Gasteiger partial charge in [0.15, 0.2) is 0 Å². The average Bonchev–Trinajstić information content (AvgIpc) is 2.91. The summed E-state index contributed by atoms with van der Waals surface area (Å²) >= 11 is 0. The van der Waals surface area contributed by atoms with Crippen molar-refractivity contribution in [2.75, 3.05) is 26.2 Å². The number of hydrogen-bond acceptors (Lipinski definition) is 3. The molecule has 1 aromatic heterocycles. The second-order valence-corrected chi connectivity index (χ2v) is 5.62. The van der Waals surface area contributed by atoms with Crippen LogP contribution in [0.25, 0.3) is 0 Å². The zero-order chi connectivity index (χ0) is 13.7. The minimum absolute atomic E-state index is 0.185. The number of carbonyl (C=O) groups excluding carboxylic acids is 1. The fraction of sp³-hybridized carbons (Fsp3) is 0.714. The topological polar surface area (TPSA) is 61.0 Å². The maximum absolute atomic E-state index is 12.3. The average molecular weight is 264 g/mol. The first-order chi connectivity index (χ1) is 9.14. The molecule has 0 unspecified atom stereocenters. The lowest BCUT2D eigenvalue weighted by Crippen LogP contribution is -2.50. The zero-order valence-electron chi connectivity index (χ0n) is 11.9. The molecule has 1 saturated heterocycles. The van der Waals surface area contributed by atoms with E-state index in [0.717, 1.165) is 44.6 Å². The van der Waals surface area contributed by atoms with Crippen LogP contribution in [0.3, 0.4) is 0 Å². The number of piperidine rings is 1. The fourth-order valence-electron chi connectivity index (χ4n) is 2.75. The van der Waals surface area contributed by atoms with Crippen molar-refractivity contribution in [3.63, 3.8) is 0 Å². The molecule has 0 spiro atoms. The molecule has 1 aliphatic rings. The van der Waals surface area contributed by atoms with Gasteiger partial charge in [0.05, 0.1) is 5.41 Å². The van der Waals surface area contributed by atoms with E-state index in [-0.39, 0.29) is 11.3 Å². The number of carbonyl (C=O) groups is 1. The zero-order valence-corrected chi connectivity index (χ0v) is 11.9. The Morgan fingerprint density at radius 1 is 1.63 bits per heavy atom. The van der Waals surface area contributed by atoms with Gasteiger partial charge in [0.2, 0.25) is 5.91 Å². The molecule has 1 amide bonds. The Bertz CT molecular complexity index is 404. The van der Waals surface area contributed by atoms with Crippen molar-refractivity contribution in [1.82, 2.24) is 20.4 Å². The summed E-state index contributed by atoms with van der Waals surface area (Å²) in [5.41, 5.74) is 0.826. The van der Waals surface area contributed by atoms with Crippen LogP contribution in [-0.4, -0.2) is 47.2 Å². The van der Waals surface area contributed by atoms with Crippen LogP contribution < -0.4 is 5.32 Å². The Balaban J connectivity index is 1.81. The minimum atomic E-state index is -0.234. The van der Waals surface area contributed by atoms with E-state index in [2.05, 4.69) is 34.3 Å². The third-order valence-corrected chi connectivity index (χ3v) is 4.01. The van der Waals surface area contributed by atoms with Crippen LogP contribution in [0, 0.1) is 5.41 Å². The van der Waals surface area contributed by atoms with Crippen molar-refractivity contribution in [2.24, 2.45) is 5.41 Å². The molecule has 1 aliphatic heterocycles. The maximum Gasteiger partial charge on any atom is 0.227 e. The van der Waals surface area contributed by atoms with Gasteiger partial charge in [-0.25, -0.2) is 0 Å². The molecule has 0 aromatic carbocycles. The molecule has 106 valence electrons. The van der Waals surface area contributed by atoms with Crippen LogP contribution in [0.5, 0.6) is 0 Å². The summed E-state index contributed by atoms with van der Waals surface area (Å²) in [6.45, 7) is 7.93. The molecule has 1 atom stereocenters. The molecule has 1 aromatic rings. The number of nitrogens with one attached hydrogen (secondary N) is 2. The largest absolute Gasteiger partial charge is 0.355 e. The first kappa shape index (κ1) is 14.1. The fourth-order valence-corrected chi connectivity index (χ4v) is 2.75. The van der Waals surface area contributed by atoms with Crippen molar-refractivity contribution in [1.29, 1.82) is 0 Å². The van der Waals surface area contributed by atoms with Crippen molar-refractivity contribution in [2.45, 2.75) is 33.1 Å². The van der Waals surface area contributed by atoms with Gasteiger partial charge in [-0.15, -0.1) is 0 Å². The molecule has 0 radical (unpaired) electrons. The van der Waals surface area contributed by atoms with E-state index >= 15 is 0 Å². The highest BCUT2D eigenvalue weighted by Gasteiger charge is 2.36. The lowest BCUT2D eigenvalue weighted by atomic mass is 9.81. The van der Waals surface area contributed by atoms with E-state index in [1.807, 2.05) is 6.07 Å². The van der Waals surface area contributed by atoms with Crippen molar-refractivity contribution in [3.8, 4) is 0 Å². The van der Waals surface area contributed by atoms with E-state index in [4.69, 9.17) is 0 Å². The first-order valence-corrected chi connectivity index (χ1v) is 7.13. The van der Waals surface area contributed by atoms with Crippen molar-refractivity contribution in [3.05, 3.63) is 18.0 Å². The van der Waals surface area contributed by atoms with Gasteiger partial charge in [0.25, 0.3) is 0 Å². The predicted octanol–water partition coefficient (Wildman–Crippen LogP) is 1.19.